The Bertz CT molecular complexity index is 664. The molecule has 2 heterocycles. The Labute approximate surface area is 156 Å². The van der Waals surface area contributed by atoms with Gasteiger partial charge in [-0.2, -0.15) is 0 Å². The van der Waals surface area contributed by atoms with Gasteiger partial charge in [0, 0.05) is 42.5 Å². The topological polar surface area (TPSA) is 25.4 Å². The Morgan fingerprint density at radius 2 is 2.12 bits per heavy atom. The maximum absolute atomic E-state index is 6.13. The fourth-order valence-corrected chi connectivity index (χ4v) is 3.94. The molecule has 0 saturated carbocycles. The van der Waals surface area contributed by atoms with Gasteiger partial charge in [0.2, 0.25) is 0 Å². The van der Waals surface area contributed by atoms with Crippen LogP contribution in [0.3, 0.4) is 0 Å². The number of halogens is 1. The molecule has 1 fully saturated rings. The van der Waals surface area contributed by atoms with Crippen molar-refractivity contribution in [1.82, 2.24) is 9.88 Å². The molecule has 0 amide bonds. The molecule has 0 bridgehead atoms. The van der Waals surface area contributed by atoms with Crippen LogP contribution in [0.25, 0.3) is 0 Å². The van der Waals surface area contributed by atoms with Gasteiger partial charge < -0.3 is 4.74 Å². The van der Waals surface area contributed by atoms with Gasteiger partial charge in [-0.25, -0.2) is 0 Å². The van der Waals surface area contributed by atoms with E-state index < -0.39 is 0 Å². The van der Waals surface area contributed by atoms with Gasteiger partial charge in [-0.1, -0.05) is 29.8 Å². The SMILES string of the molecule is CCOCC1(CCc2cccc(Cl)c2)CCN(Cc2cccnc2)C1. The highest BCUT2D eigenvalue weighted by Gasteiger charge is 2.37. The summed E-state index contributed by atoms with van der Waals surface area (Å²) in [5.74, 6) is 0. The fourth-order valence-electron chi connectivity index (χ4n) is 3.73. The maximum atomic E-state index is 6.13. The zero-order chi connectivity index (χ0) is 17.5. The van der Waals surface area contributed by atoms with E-state index >= 15 is 0 Å². The second-order valence-electron chi connectivity index (χ2n) is 7.09. The summed E-state index contributed by atoms with van der Waals surface area (Å²) < 4.78 is 5.87. The second kappa shape index (κ2) is 8.79. The van der Waals surface area contributed by atoms with Crippen LogP contribution >= 0.6 is 11.6 Å². The third-order valence-corrected chi connectivity index (χ3v) is 5.33. The summed E-state index contributed by atoms with van der Waals surface area (Å²) in [5, 5.41) is 0.820. The van der Waals surface area contributed by atoms with Crippen LogP contribution in [0.2, 0.25) is 5.02 Å². The monoisotopic (exact) mass is 358 g/mol. The first-order chi connectivity index (χ1) is 12.2. The van der Waals surface area contributed by atoms with Gasteiger partial charge in [0.15, 0.2) is 0 Å². The molecule has 134 valence electrons. The molecule has 3 rings (SSSR count). The lowest BCUT2D eigenvalue weighted by molar-refractivity contribution is 0.0489. The van der Waals surface area contributed by atoms with Crippen LogP contribution < -0.4 is 0 Å². The Morgan fingerprint density at radius 1 is 1.24 bits per heavy atom. The summed E-state index contributed by atoms with van der Waals surface area (Å²) in [6.07, 6.45) is 7.17. The molecule has 1 aliphatic heterocycles. The van der Waals surface area contributed by atoms with Crippen LogP contribution in [0.1, 0.15) is 30.9 Å². The lowest BCUT2D eigenvalue weighted by Crippen LogP contribution is -2.32. The quantitative estimate of drug-likeness (QED) is 0.689. The number of hydrogen-bond acceptors (Lipinski definition) is 3. The van der Waals surface area contributed by atoms with Crippen molar-refractivity contribution in [2.24, 2.45) is 5.41 Å². The Hall–Kier alpha value is -1.42. The average molecular weight is 359 g/mol. The molecule has 1 atom stereocenters. The molecule has 1 unspecified atom stereocenters. The van der Waals surface area contributed by atoms with E-state index in [1.54, 1.807) is 0 Å². The fraction of sp³-hybridized carbons (Fsp3) is 0.476. The first-order valence-electron chi connectivity index (χ1n) is 9.13. The highest BCUT2D eigenvalue weighted by atomic mass is 35.5. The summed E-state index contributed by atoms with van der Waals surface area (Å²) in [5.41, 5.74) is 2.83. The van der Waals surface area contributed by atoms with Gasteiger partial charge in [-0.3, -0.25) is 9.88 Å². The molecule has 4 heteroatoms. The summed E-state index contributed by atoms with van der Waals surface area (Å²) in [6, 6.07) is 12.4. The number of nitrogens with zero attached hydrogens (tertiary/aromatic N) is 2. The van der Waals surface area contributed by atoms with E-state index in [0.29, 0.717) is 0 Å². The van der Waals surface area contributed by atoms with Gasteiger partial charge in [-0.05, 0) is 62.1 Å². The van der Waals surface area contributed by atoms with Crippen molar-refractivity contribution in [2.45, 2.75) is 32.7 Å². The Morgan fingerprint density at radius 3 is 2.88 bits per heavy atom. The van der Waals surface area contributed by atoms with Gasteiger partial charge >= 0.3 is 0 Å². The molecule has 25 heavy (non-hydrogen) atoms. The third kappa shape index (κ3) is 5.27. The highest BCUT2D eigenvalue weighted by molar-refractivity contribution is 6.30. The number of benzene rings is 1. The second-order valence-corrected chi connectivity index (χ2v) is 7.53. The Kier molecular flexibility index (Phi) is 6.46. The molecule has 3 nitrogen and oxygen atoms in total. The number of pyridine rings is 1. The average Bonchev–Trinajstić information content (AvgIpc) is 3.03. The zero-order valence-corrected chi connectivity index (χ0v) is 15.7. The minimum absolute atomic E-state index is 0.237. The normalized spacial score (nSPS) is 20.9. The molecule has 0 radical (unpaired) electrons. The minimum Gasteiger partial charge on any atom is -0.381 e. The molecule has 0 N–H and O–H groups in total. The summed E-state index contributed by atoms with van der Waals surface area (Å²) >= 11 is 6.13. The molecule has 1 saturated heterocycles. The van der Waals surface area contributed by atoms with Crippen molar-refractivity contribution in [1.29, 1.82) is 0 Å². The summed E-state index contributed by atoms with van der Waals surface area (Å²) in [4.78, 5) is 6.77. The van der Waals surface area contributed by atoms with E-state index in [2.05, 4.69) is 35.0 Å². The number of aryl methyl sites for hydroxylation is 1. The molecule has 1 aromatic carbocycles. The maximum Gasteiger partial charge on any atom is 0.0535 e. The van der Waals surface area contributed by atoms with E-state index in [-0.39, 0.29) is 5.41 Å². The number of likely N-dealkylation sites (tertiary alicyclic amines) is 1. The first-order valence-corrected chi connectivity index (χ1v) is 9.50. The van der Waals surface area contributed by atoms with Crippen LogP contribution in [0.4, 0.5) is 0 Å². The highest BCUT2D eigenvalue weighted by Crippen LogP contribution is 2.36. The third-order valence-electron chi connectivity index (χ3n) is 5.09. The van der Waals surface area contributed by atoms with Crippen molar-refractivity contribution >= 4 is 11.6 Å². The van der Waals surface area contributed by atoms with E-state index in [1.807, 2.05) is 30.6 Å². The number of aromatic nitrogens is 1. The first kappa shape index (κ1) is 18.4. The van der Waals surface area contributed by atoms with E-state index in [4.69, 9.17) is 16.3 Å². The lowest BCUT2D eigenvalue weighted by Gasteiger charge is -2.29. The van der Waals surface area contributed by atoms with Gasteiger partial charge in [0.1, 0.15) is 0 Å². The predicted octanol–water partition coefficient (Wildman–Crippen LogP) is 4.60. The van der Waals surface area contributed by atoms with Gasteiger partial charge in [0.05, 0.1) is 6.61 Å². The van der Waals surface area contributed by atoms with Crippen LogP contribution in [-0.2, 0) is 17.7 Å². The number of rotatable bonds is 8. The standard InChI is InChI=1S/C21H27ClN2O/c1-2-25-17-21(9-8-18-5-3-7-20(22)13-18)10-12-24(16-21)15-19-6-4-11-23-14-19/h3-7,11,13-14H,2,8-10,12,15-17H2,1H3. The van der Waals surface area contributed by atoms with Crippen LogP contribution in [0.5, 0.6) is 0 Å². The summed E-state index contributed by atoms with van der Waals surface area (Å²) in [7, 11) is 0. The zero-order valence-electron chi connectivity index (χ0n) is 15.0. The van der Waals surface area contributed by atoms with Crippen molar-refractivity contribution in [2.75, 3.05) is 26.3 Å². The van der Waals surface area contributed by atoms with Crippen LogP contribution in [0, 0.1) is 5.41 Å². The molecular weight excluding hydrogens is 332 g/mol. The van der Waals surface area contributed by atoms with Crippen LogP contribution in [-0.4, -0.2) is 36.2 Å². The molecule has 0 spiro atoms. The molecule has 1 aliphatic rings. The predicted molar refractivity (Wildman–Crippen MR) is 103 cm³/mol. The van der Waals surface area contributed by atoms with Gasteiger partial charge in [-0.15, -0.1) is 0 Å². The smallest absolute Gasteiger partial charge is 0.0535 e. The summed E-state index contributed by atoms with van der Waals surface area (Å²) in [6.45, 7) is 6.88. The Balaban J connectivity index is 1.63. The minimum atomic E-state index is 0.237. The largest absolute Gasteiger partial charge is 0.381 e. The van der Waals surface area contributed by atoms with Crippen molar-refractivity contribution < 1.29 is 4.74 Å². The van der Waals surface area contributed by atoms with Crippen molar-refractivity contribution in [3.05, 3.63) is 64.9 Å². The molecular formula is C21H27ClN2O. The number of hydrogen-bond donors (Lipinski definition) is 0. The van der Waals surface area contributed by atoms with Crippen molar-refractivity contribution in [3.63, 3.8) is 0 Å². The molecule has 2 aromatic rings. The molecule has 1 aromatic heterocycles. The van der Waals surface area contributed by atoms with Crippen LogP contribution in [0.15, 0.2) is 48.8 Å². The lowest BCUT2D eigenvalue weighted by atomic mass is 9.82. The van der Waals surface area contributed by atoms with E-state index in [1.165, 1.54) is 17.5 Å². The van der Waals surface area contributed by atoms with Crippen molar-refractivity contribution in [3.8, 4) is 0 Å². The van der Waals surface area contributed by atoms with E-state index in [0.717, 1.165) is 50.7 Å². The van der Waals surface area contributed by atoms with Gasteiger partial charge in [0.25, 0.3) is 0 Å². The number of ether oxygens (including phenoxy) is 1. The molecule has 0 aliphatic carbocycles. The van der Waals surface area contributed by atoms with E-state index in [9.17, 15) is 0 Å².